The van der Waals surface area contributed by atoms with Gasteiger partial charge in [0.2, 0.25) is 0 Å². The van der Waals surface area contributed by atoms with Crippen molar-refractivity contribution in [1.29, 1.82) is 0 Å². The molecule has 0 atom stereocenters. The molecule has 104 valence electrons. The summed E-state index contributed by atoms with van der Waals surface area (Å²) in [6, 6.07) is 10.7. The van der Waals surface area contributed by atoms with Gasteiger partial charge in [0.1, 0.15) is 0 Å². The standard InChI is InChI=1S/C16H24N2O/c1-2-12-18(13-14-8-4-3-5-9-14)16(19)17-15-10-6-7-11-15/h3-5,8-9,15H,2,6-7,10-13H2,1H3,(H,17,19). The zero-order chi connectivity index (χ0) is 13.5. The summed E-state index contributed by atoms with van der Waals surface area (Å²) in [5.41, 5.74) is 1.19. The number of benzene rings is 1. The zero-order valence-electron chi connectivity index (χ0n) is 11.8. The molecule has 19 heavy (non-hydrogen) atoms. The Balaban J connectivity index is 1.92. The highest BCUT2D eigenvalue weighted by molar-refractivity contribution is 5.74. The van der Waals surface area contributed by atoms with E-state index in [0.717, 1.165) is 25.8 Å². The van der Waals surface area contributed by atoms with Gasteiger partial charge in [0.25, 0.3) is 0 Å². The summed E-state index contributed by atoms with van der Waals surface area (Å²) in [5, 5.41) is 3.17. The minimum atomic E-state index is 0.0950. The maximum absolute atomic E-state index is 12.3. The molecule has 1 aromatic rings. The van der Waals surface area contributed by atoms with Gasteiger partial charge in [0, 0.05) is 19.1 Å². The van der Waals surface area contributed by atoms with Crippen molar-refractivity contribution in [1.82, 2.24) is 10.2 Å². The number of hydrogen-bond acceptors (Lipinski definition) is 1. The molecular weight excluding hydrogens is 236 g/mol. The van der Waals surface area contributed by atoms with Crippen LogP contribution in [0.25, 0.3) is 0 Å². The quantitative estimate of drug-likeness (QED) is 0.862. The van der Waals surface area contributed by atoms with Crippen LogP contribution in [0.2, 0.25) is 0 Å². The Kier molecular flexibility index (Phi) is 5.25. The average Bonchev–Trinajstić information content (AvgIpc) is 2.92. The Morgan fingerprint density at radius 1 is 1.26 bits per heavy atom. The molecule has 2 amide bonds. The van der Waals surface area contributed by atoms with Gasteiger partial charge in [-0.05, 0) is 24.8 Å². The third-order valence-electron chi connectivity index (χ3n) is 3.68. The topological polar surface area (TPSA) is 32.3 Å². The lowest BCUT2D eigenvalue weighted by Gasteiger charge is -2.24. The smallest absolute Gasteiger partial charge is 0.317 e. The van der Waals surface area contributed by atoms with Crippen molar-refractivity contribution in [3.05, 3.63) is 35.9 Å². The number of nitrogens with zero attached hydrogens (tertiary/aromatic N) is 1. The van der Waals surface area contributed by atoms with Crippen LogP contribution in [0.3, 0.4) is 0 Å². The van der Waals surface area contributed by atoms with Crippen LogP contribution in [0.4, 0.5) is 4.79 Å². The van der Waals surface area contributed by atoms with Crippen LogP contribution >= 0.6 is 0 Å². The maximum Gasteiger partial charge on any atom is 0.317 e. The highest BCUT2D eigenvalue weighted by Gasteiger charge is 2.20. The molecule has 0 aliphatic heterocycles. The van der Waals surface area contributed by atoms with Crippen molar-refractivity contribution in [2.75, 3.05) is 6.54 Å². The SMILES string of the molecule is CCCN(Cc1ccccc1)C(=O)NC1CCCC1. The van der Waals surface area contributed by atoms with Gasteiger partial charge in [0.15, 0.2) is 0 Å². The van der Waals surface area contributed by atoms with Crippen molar-refractivity contribution in [2.24, 2.45) is 0 Å². The first-order valence-corrected chi connectivity index (χ1v) is 7.39. The van der Waals surface area contributed by atoms with Gasteiger partial charge in [0.05, 0.1) is 0 Å². The molecule has 0 aromatic heterocycles. The van der Waals surface area contributed by atoms with Crippen LogP contribution < -0.4 is 5.32 Å². The minimum Gasteiger partial charge on any atom is -0.335 e. The Labute approximate surface area is 116 Å². The molecule has 0 unspecified atom stereocenters. The van der Waals surface area contributed by atoms with E-state index in [1.54, 1.807) is 0 Å². The summed E-state index contributed by atoms with van der Waals surface area (Å²) in [7, 11) is 0. The van der Waals surface area contributed by atoms with E-state index in [1.165, 1.54) is 18.4 Å². The molecule has 0 saturated heterocycles. The Morgan fingerprint density at radius 2 is 1.95 bits per heavy atom. The van der Waals surface area contributed by atoms with Crippen molar-refractivity contribution >= 4 is 6.03 Å². The van der Waals surface area contributed by atoms with Crippen molar-refractivity contribution < 1.29 is 4.79 Å². The number of rotatable bonds is 5. The molecule has 1 aliphatic rings. The van der Waals surface area contributed by atoms with E-state index in [4.69, 9.17) is 0 Å². The normalized spacial score (nSPS) is 15.4. The highest BCUT2D eigenvalue weighted by atomic mass is 16.2. The van der Waals surface area contributed by atoms with Crippen molar-refractivity contribution in [3.63, 3.8) is 0 Å². The fourth-order valence-electron chi connectivity index (χ4n) is 2.66. The van der Waals surface area contributed by atoms with Crippen LogP contribution in [0, 0.1) is 0 Å². The Morgan fingerprint density at radius 3 is 2.58 bits per heavy atom. The van der Waals surface area contributed by atoms with Crippen molar-refractivity contribution in [2.45, 2.75) is 51.6 Å². The number of urea groups is 1. The fraction of sp³-hybridized carbons (Fsp3) is 0.562. The van der Waals surface area contributed by atoms with E-state index in [-0.39, 0.29) is 6.03 Å². The molecule has 3 heteroatoms. The van der Waals surface area contributed by atoms with Gasteiger partial charge >= 0.3 is 6.03 Å². The first kappa shape index (κ1) is 13.9. The monoisotopic (exact) mass is 260 g/mol. The zero-order valence-corrected chi connectivity index (χ0v) is 11.8. The van der Waals surface area contributed by atoms with E-state index in [1.807, 2.05) is 23.1 Å². The molecule has 0 heterocycles. The molecular formula is C16H24N2O. The number of carbonyl (C=O) groups excluding carboxylic acids is 1. The minimum absolute atomic E-state index is 0.0950. The highest BCUT2D eigenvalue weighted by Crippen LogP contribution is 2.18. The Hall–Kier alpha value is -1.51. The lowest BCUT2D eigenvalue weighted by molar-refractivity contribution is 0.191. The molecule has 0 radical (unpaired) electrons. The second kappa shape index (κ2) is 7.17. The molecule has 1 saturated carbocycles. The van der Waals surface area contributed by atoms with Gasteiger partial charge in [-0.15, -0.1) is 0 Å². The predicted molar refractivity (Wildman–Crippen MR) is 77.9 cm³/mol. The van der Waals surface area contributed by atoms with Gasteiger partial charge in [-0.3, -0.25) is 0 Å². The van der Waals surface area contributed by atoms with Gasteiger partial charge in [-0.2, -0.15) is 0 Å². The summed E-state index contributed by atoms with van der Waals surface area (Å²) in [5.74, 6) is 0. The molecule has 1 aliphatic carbocycles. The van der Waals surface area contributed by atoms with Gasteiger partial charge < -0.3 is 10.2 Å². The van der Waals surface area contributed by atoms with Crippen LogP contribution in [-0.2, 0) is 6.54 Å². The van der Waals surface area contributed by atoms with Crippen LogP contribution in [-0.4, -0.2) is 23.5 Å². The van der Waals surface area contributed by atoms with E-state index >= 15 is 0 Å². The van der Waals surface area contributed by atoms with Gasteiger partial charge in [-0.1, -0.05) is 50.1 Å². The largest absolute Gasteiger partial charge is 0.335 e. The third kappa shape index (κ3) is 4.27. The summed E-state index contributed by atoms with van der Waals surface area (Å²) in [4.78, 5) is 14.2. The van der Waals surface area contributed by atoms with Crippen LogP contribution in [0.5, 0.6) is 0 Å². The molecule has 1 fully saturated rings. The fourth-order valence-corrected chi connectivity index (χ4v) is 2.66. The number of amides is 2. The van der Waals surface area contributed by atoms with E-state index in [0.29, 0.717) is 12.6 Å². The maximum atomic E-state index is 12.3. The Bertz CT molecular complexity index is 385. The van der Waals surface area contributed by atoms with Crippen LogP contribution in [0.1, 0.15) is 44.6 Å². The van der Waals surface area contributed by atoms with E-state index in [9.17, 15) is 4.79 Å². The first-order chi connectivity index (χ1) is 9.29. The number of nitrogens with one attached hydrogen (secondary N) is 1. The number of carbonyl (C=O) groups is 1. The van der Waals surface area contributed by atoms with Crippen LogP contribution in [0.15, 0.2) is 30.3 Å². The summed E-state index contributed by atoms with van der Waals surface area (Å²) >= 11 is 0. The average molecular weight is 260 g/mol. The lowest BCUT2D eigenvalue weighted by atomic mass is 10.2. The second-order valence-corrected chi connectivity index (χ2v) is 5.34. The molecule has 1 aromatic carbocycles. The van der Waals surface area contributed by atoms with Gasteiger partial charge in [-0.25, -0.2) is 4.79 Å². The lowest BCUT2D eigenvalue weighted by Crippen LogP contribution is -2.43. The molecule has 0 bridgehead atoms. The number of hydrogen-bond donors (Lipinski definition) is 1. The molecule has 0 spiro atoms. The first-order valence-electron chi connectivity index (χ1n) is 7.39. The van der Waals surface area contributed by atoms with Crippen molar-refractivity contribution in [3.8, 4) is 0 Å². The molecule has 2 rings (SSSR count). The second-order valence-electron chi connectivity index (χ2n) is 5.34. The molecule has 1 N–H and O–H groups in total. The predicted octanol–water partition coefficient (Wildman–Crippen LogP) is 3.55. The van der Waals surface area contributed by atoms with E-state index in [2.05, 4.69) is 24.4 Å². The van der Waals surface area contributed by atoms with E-state index < -0.39 is 0 Å². The summed E-state index contributed by atoms with van der Waals surface area (Å²) < 4.78 is 0. The summed E-state index contributed by atoms with van der Waals surface area (Å²) in [6.45, 7) is 3.63. The third-order valence-corrected chi connectivity index (χ3v) is 3.68. The molecule has 3 nitrogen and oxygen atoms in total. The summed E-state index contributed by atoms with van der Waals surface area (Å²) in [6.07, 6.45) is 5.76.